The highest BCUT2D eigenvalue weighted by Gasteiger charge is 2.42. The van der Waals surface area contributed by atoms with Crippen molar-refractivity contribution in [3.63, 3.8) is 0 Å². The highest BCUT2D eigenvalue weighted by atomic mass is 32.2. The molecule has 0 radical (unpaired) electrons. The predicted molar refractivity (Wildman–Crippen MR) is 190 cm³/mol. The lowest BCUT2D eigenvalue weighted by atomic mass is 9.90. The third-order valence-corrected chi connectivity index (χ3v) is 10.8. The Hall–Kier alpha value is -2.91. The summed E-state index contributed by atoms with van der Waals surface area (Å²) in [5.41, 5.74) is 6.54. The van der Waals surface area contributed by atoms with Gasteiger partial charge in [-0.25, -0.2) is 4.21 Å². The van der Waals surface area contributed by atoms with Crippen molar-refractivity contribution in [2.75, 3.05) is 48.5 Å². The average molecular weight is 709 g/mol. The van der Waals surface area contributed by atoms with Crippen molar-refractivity contribution < 1.29 is 32.9 Å². The number of nitrogens with zero attached hydrogens (tertiary/aromatic N) is 3. The molecule has 2 rings (SSSR count). The van der Waals surface area contributed by atoms with Gasteiger partial charge in [-0.15, -0.1) is 0 Å². The fourth-order valence-electron chi connectivity index (χ4n) is 6.84. The van der Waals surface area contributed by atoms with E-state index in [4.69, 9.17) is 15.2 Å². The van der Waals surface area contributed by atoms with Crippen LogP contribution in [0.2, 0.25) is 0 Å². The van der Waals surface area contributed by atoms with Crippen LogP contribution in [0.4, 0.5) is 0 Å². The Bertz CT molecular complexity index is 1260. The molecule has 8 atom stereocenters. The number of carbonyl (C=O) groups excluding carboxylic acids is 4. The molecule has 1 aliphatic rings. The number of ether oxygens (including phenoxy) is 2. The van der Waals surface area contributed by atoms with Crippen molar-refractivity contribution in [3.8, 4) is 0 Å². The monoisotopic (exact) mass is 708 g/mol. The van der Waals surface area contributed by atoms with Gasteiger partial charge in [0.05, 0.1) is 54.1 Å². The molecule has 49 heavy (non-hydrogen) atoms. The summed E-state index contributed by atoms with van der Waals surface area (Å²) in [4.78, 5) is 59.1. The molecule has 1 aromatic rings. The molecule has 14 heteroatoms. The van der Waals surface area contributed by atoms with Gasteiger partial charge in [0.1, 0.15) is 0 Å². The van der Waals surface area contributed by atoms with Crippen LogP contribution in [0.3, 0.4) is 0 Å². The summed E-state index contributed by atoms with van der Waals surface area (Å²) < 4.78 is 27.2. The molecule has 278 valence electrons. The molecule has 0 aromatic heterocycles. The van der Waals surface area contributed by atoms with Gasteiger partial charge in [0.2, 0.25) is 23.6 Å². The molecule has 4 N–H and O–H groups in total. The van der Waals surface area contributed by atoms with E-state index in [0.29, 0.717) is 24.4 Å². The van der Waals surface area contributed by atoms with Crippen LogP contribution < -0.4 is 15.8 Å². The summed E-state index contributed by atoms with van der Waals surface area (Å²) in [5.74, 6) is -1.76. The molecule has 0 aliphatic carbocycles. The van der Waals surface area contributed by atoms with E-state index >= 15 is 0 Å². The highest BCUT2D eigenvalue weighted by molar-refractivity contribution is 7.83. The predicted octanol–water partition coefficient (Wildman–Crippen LogP) is 1.91. The molecule has 1 heterocycles. The van der Waals surface area contributed by atoms with E-state index in [-0.39, 0.29) is 54.6 Å². The average Bonchev–Trinajstić information content (AvgIpc) is 3.56. The van der Waals surface area contributed by atoms with E-state index in [0.717, 1.165) is 18.4 Å². The molecule has 0 bridgehead atoms. The van der Waals surface area contributed by atoms with Crippen molar-refractivity contribution in [1.82, 2.24) is 24.7 Å². The topological polar surface area (TPSA) is 164 Å². The molecule has 1 fully saturated rings. The van der Waals surface area contributed by atoms with Crippen molar-refractivity contribution in [1.29, 1.82) is 0 Å². The van der Waals surface area contributed by atoms with Crippen molar-refractivity contribution in [2.45, 2.75) is 102 Å². The van der Waals surface area contributed by atoms with Crippen LogP contribution in [-0.2, 0) is 46.2 Å². The second kappa shape index (κ2) is 20.1. The molecule has 0 spiro atoms. The zero-order valence-corrected chi connectivity index (χ0v) is 31.9. The summed E-state index contributed by atoms with van der Waals surface area (Å²) >= 11 is 0. The lowest BCUT2D eigenvalue weighted by Gasteiger charge is -2.39. The maximum absolute atomic E-state index is 13.9. The zero-order chi connectivity index (χ0) is 37.0. The molecular weight excluding hydrogens is 648 g/mol. The van der Waals surface area contributed by atoms with Gasteiger partial charge >= 0.3 is 0 Å². The normalized spacial score (nSPS) is 19.1. The van der Waals surface area contributed by atoms with Gasteiger partial charge in [-0.1, -0.05) is 53.2 Å². The highest BCUT2D eigenvalue weighted by Crippen LogP contribution is 2.29. The minimum atomic E-state index is -1.77. The number of hydrogen-bond acceptors (Lipinski definition) is 9. The van der Waals surface area contributed by atoms with E-state index in [9.17, 15) is 23.4 Å². The number of hydrogen-bond donors (Lipinski definition) is 3. The van der Waals surface area contributed by atoms with E-state index in [1.165, 1.54) is 14.2 Å². The number of methoxy groups -OCH3 is 2. The Balaban J connectivity index is 2.16. The smallest absolute Gasteiger partial charge is 0.242 e. The molecule has 0 saturated carbocycles. The quantitative estimate of drug-likeness (QED) is 0.195. The number of nitrogens with one attached hydrogen (secondary N) is 2. The van der Waals surface area contributed by atoms with Crippen LogP contribution in [0.5, 0.6) is 0 Å². The summed E-state index contributed by atoms with van der Waals surface area (Å²) in [7, 11) is 6.62. The SMILES string of the molecule is CCC(C)C(C(CC(=O)N1CCCC1C(OC)C(C)C(=O)NS(=O)c1ccc(CN)cc1)OC)N(C)C(=O)CNC(=O)C(C(C)C)N(C)C. The van der Waals surface area contributed by atoms with Crippen LogP contribution in [-0.4, -0.2) is 121 Å². The molecule has 8 unspecified atom stereocenters. The summed E-state index contributed by atoms with van der Waals surface area (Å²) in [6.07, 6.45) is 0.871. The van der Waals surface area contributed by atoms with Gasteiger partial charge in [-0.3, -0.25) is 28.8 Å². The summed E-state index contributed by atoms with van der Waals surface area (Å²) in [6, 6.07) is 5.68. The van der Waals surface area contributed by atoms with Gasteiger partial charge in [0, 0.05) is 34.4 Å². The summed E-state index contributed by atoms with van der Waals surface area (Å²) in [5, 5.41) is 2.79. The largest absolute Gasteiger partial charge is 0.379 e. The molecule has 4 amide bonds. The number of likely N-dealkylation sites (N-methyl/N-ethyl adjacent to an activating group) is 2. The van der Waals surface area contributed by atoms with Crippen LogP contribution in [0.25, 0.3) is 0 Å². The zero-order valence-electron chi connectivity index (χ0n) is 31.1. The first kappa shape index (κ1) is 42.3. The first-order valence-corrected chi connectivity index (χ1v) is 18.3. The van der Waals surface area contributed by atoms with Crippen LogP contribution >= 0.6 is 0 Å². The minimum absolute atomic E-state index is 0.00946. The van der Waals surface area contributed by atoms with E-state index in [2.05, 4.69) is 10.0 Å². The third kappa shape index (κ3) is 11.3. The second-order valence-electron chi connectivity index (χ2n) is 13.6. The first-order valence-electron chi connectivity index (χ1n) is 17.2. The Labute approximate surface area is 295 Å². The number of carbonyl (C=O) groups is 4. The first-order chi connectivity index (χ1) is 23.1. The second-order valence-corrected chi connectivity index (χ2v) is 14.8. The van der Waals surface area contributed by atoms with Crippen LogP contribution in [0.1, 0.15) is 65.9 Å². The Morgan fingerprint density at radius 3 is 2.16 bits per heavy atom. The number of likely N-dealkylation sites (tertiary alicyclic amines) is 1. The third-order valence-electron chi connectivity index (χ3n) is 9.74. The molecule has 13 nitrogen and oxygen atoms in total. The standard InChI is InChI=1S/C35H60N6O7S/c1-11-23(4)32(40(8)30(43)21-37-35(45)31(22(2)3)39(6)7)28(47-9)19-29(42)41-18-12-13-27(41)33(48-10)24(5)34(44)38-49(46)26-16-14-25(20-36)15-17-26/h14-17,22-24,27-28,31-33H,11-13,18-21,36H2,1-10H3,(H,37,45)(H,38,44). The maximum atomic E-state index is 13.9. The molecule has 1 aromatic carbocycles. The maximum Gasteiger partial charge on any atom is 0.242 e. The van der Waals surface area contributed by atoms with Gasteiger partial charge < -0.3 is 30.3 Å². The fraction of sp³-hybridized carbons (Fsp3) is 0.714. The van der Waals surface area contributed by atoms with E-state index in [1.54, 1.807) is 48.0 Å². The minimum Gasteiger partial charge on any atom is -0.379 e. The van der Waals surface area contributed by atoms with Gasteiger partial charge in [-0.05, 0) is 56.5 Å². The van der Waals surface area contributed by atoms with Crippen LogP contribution in [0.15, 0.2) is 29.2 Å². The van der Waals surface area contributed by atoms with Crippen molar-refractivity contribution in [2.24, 2.45) is 23.5 Å². The lowest BCUT2D eigenvalue weighted by Crippen LogP contribution is -2.55. The summed E-state index contributed by atoms with van der Waals surface area (Å²) in [6.45, 7) is 10.3. The number of amides is 4. The van der Waals surface area contributed by atoms with Crippen molar-refractivity contribution >= 4 is 34.6 Å². The van der Waals surface area contributed by atoms with Gasteiger partial charge in [0.25, 0.3) is 0 Å². The Morgan fingerprint density at radius 1 is 1.02 bits per heavy atom. The van der Waals surface area contributed by atoms with Gasteiger partial charge in [0.15, 0.2) is 11.0 Å². The van der Waals surface area contributed by atoms with E-state index in [1.807, 2.05) is 46.7 Å². The Morgan fingerprint density at radius 2 is 1.65 bits per heavy atom. The van der Waals surface area contributed by atoms with Gasteiger partial charge in [-0.2, -0.15) is 0 Å². The van der Waals surface area contributed by atoms with Crippen LogP contribution in [0, 0.1) is 17.8 Å². The number of benzene rings is 1. The van der Waals surface area contributed by atoms with E-state index < -0.39 is 41.1 Å². The number of nitrogens with two attached hydrogens (primary N) is 1. The fourth-order valence-corrected chi connectivity index (χ4v) is 7.71. The number of rotatable bonds is 19. The lowest BCUT2D eigenvalue weighted by molar-refractivity contribution is -0.145. The molecule has 1 aliphatic heterocycles. The molecule has 1 saturated heterocycles. The molecular formula is C35H60N6O7S. The van der Waals surface area contributed by atoms with Crippen molar-refractivity contribution in [3.05, 3.63) is 29.8 Å². The Kier molecular flexibility index (Phi) is 17.3.